The lowest BCUT2D eigenvalue weighted by Crippen LogP contribution is -2.42. The topological polar surface area (TPSA) is 106 Å². The van der Waals surface area contributed by atoms with Crippen molar-refractivity contribution in [3.05, 3.63) is 59.7 Å². The fourth-order valence-electron chi connectivity index (χ4n) is 3.96. The standard InChI is InChI=1S/C27H31N3O4/c1-27(2,3)16-20(17-28)26(32)30-11-9-21(10-12-30)34-22-14-18(13-19(15-22)25(29)31)23-7-5-6-8-24(23)33-4/h5-8,13-16,21H,9-12H2,1-4H3,(H2,29,31)/b20-16+. The quantitative estimate of drug-likeness (QED) is 0.509. The first kappa shape index (κ1) is 24.8. The van der Waals surface area contributed by atoms with Crippen molar-refractivity contribution in [3.8, 4) is 28.7 Å². The highest BCUT2D eigenvalue weighted by Crippen LogP contribution is 2.33. The molecule has 178 valence electrons. The molecule has 0 aromatic heterocycles. The Morgan fingerprint density at radius 1 is 1.15 bits per heavy atom. The molecule has 1 fully saturated rings. The summed E-state index contributed by atoms with van der Waals surface area (Å²) in [4.78, 5) is 26.4. The van der Waals surface area contributed by atoms with E-state index in [1.54, 1.807) is 30.2 Å². The van der Waals surface area contributed by atoms with Crippen LogP contribution in [0.2, 0.25) is 0 Å². The number of allylic oxidation sites excluding steroid dienone is 1. The van der Waals surface area contributed by atoms with E-state index < -0.39 is 5.91 Å². The van der Waals surface area contributed by atoms with Gasteiger partial charge in [0, 0.05) is 37.1 Å². The molecule has 1 heterocycles. The predicted octanol–water partition coefficient (Wildman–Crippen LogP) is 4.33. The maximum Gasteiger partial charge on any atom is 0.264 e. The van der Waals surface area contributed by atoms with Gasteiger partial charge in [0.25, 0.3) is 5.91 Å². The van der Waals surface area contributed by atoms with Crippen LogP contribution >= 0.6 is 0 Å². The Kier molecular flexibility index (Phi) is 7.62. The van der Waals surface area contributed by atoms with Crippen LogP contribution in [0.4, 0.5) is 0 Å². The maximum atomic E-state index is 12.8. The molecule has 0 saturated carbocycles. The normalized spacial score (nSPS) is 14.9. The van der Waals surface area contributed by atoms with Crippen molar-refractivity contribution in [1.82, 2.24) is 4.90 Å². The van der Waals surface area contributed by atoms with Gasteiger partial charge >= 0.3 is 0 Å². The first-order valence-corrected chi connectivity index (χ1v) is 11.3. The van der Waals surface area contributed by atoms with Crippen LogP contribution < -0.4 is 15.2 Å². The molecule has 7 heteroatoms. The minimum absolute atomic E-state index is 0.130. The molecule has 0 bridgehead atoms. The van der Waals surface area contributed by atoms with Crippen molar-refractivity contribution in [2.45, 2.75) is 39.7 Å². The Morgan fingerprint density at radius 3 is 2.41 bits per heavy atom. The van der Waals surface area contributed by atoms with Crippen LogP contribution in [0, 0.1) is 16.7 Å². The third-order valence-electron chi connectivity index (χ3n) is 5.57. The molecule has 0 unspecified atom stereocenters. The highest BCUT2D eigenvalue weighted by Gasteiger charge is 2.27. The molecule has 1 aliphatic heterocycles. The minimum Gasteiger partial charge on any atom is -0.496 e. The molecular weight excluding hydrogens is 430 g/mol. The number of para-hydroxylation sites is 1. The van der Waals surface area contributed by atoms with Crippen LogP contribution in [0.1, 0.15) is 44.0 Å². The Morgan fingerprint density at radius 2 is 1.82 bits per heavy atom. The number of hydrogen-bond donors (Lipinski definition) is 1. The van der Waals surface area contributed by atoms with Crippen LogP contribution in [0.15, 0.2) is 54.1 Å². The third kappa shape index (κ3) is 6.16. The van der Waals surface area contributed by atoms with Crippen LogP contribution in [-0.2, 0) is 4.79 Å². The number of nitrogens with two attached hydrogens (primary N) is 1. The Labute approximate surface area is 200 Å². The van der Waals surface area contributed by atoms with Gasteiger partial charge in [0.15, 0.2) is 0 Å². The zero-order chi connectivity index (χ0) is 24.9. The highest BCUT2D eigenvalue weighted by atomic mass is 16.5. The largest absolute Gasteiger partial charge is 0.496 e. The molecule has 0 radical (unpaired) electrons. The van der Waals surface area contributed by atoms with Crippen molar-refractivity contribution in [1.29, 1.82) is 5.26 Å². The number of rotatable bonds is 6. The van der Waals surface area contributed by atoms with Gasteiger partial charge in [-0.05, 0) is 35.2 Å². The molecule has 1 saturated heterocycles. The summed E-state index contributed by atoms with van der Waals surface area (Å²) in [6.45, 7) is 6.84. The summed E-state index contributed by atoms with van der Waals surface area (Å²) in [6, 6.07) is 14.8. The molecule has 2 aromatic carbocycles. The number of likely N-dealkylation sites (tertiary alicyclic amines) is 1. The van der Waals surface area contributed by atoms with Crippen molar-refractivity contribution in [3.63, 3.8) is 0 Å². The lowest BCUT2D eigenvalue weighted by molar-refractivity contribution is -0.128. The summed E-state index contributed by atoms with van der Waals surface area (Å²) in [6.07, 6.45) is 2.82. The number of piperidine rings is 1. The number of carbonyl (C=O) groups excluding carboxylic acids is 2. The number of nitriles is 1. The van der Waals surface area contributed by atoms with E-state index >= 15 is 0 Å². The summed E-state index contributed by atoms with van der Waals surface area (Å²) in [5, 5.41) is 9.43. The summed E-state index contributed by atoms with van der Waals surface area (Å²) in [7, 11) is 1.59. The fourth-order valence-corrected chi connectivity index (χ4v) is 3.96. The number of carbonyl (C=O) groups is 2. The minimum atomic E-state index is -0.545. The van der Waals surface area contributed by atoms with E-state index in [2.05, 4.69) is 0 Å². The molecule has 2 N–H and O–H groups in total. The Hall–Kier alpha value is -3.79. The molecule has 7 nitrogen and oxygen atoms in total. The van der Waals surface area contributed by atoms with Gasteiger partial charge < -0.3 is 20.1 Å². The molecule has 0 spiro atoms. The third-order valence-corrected chi connectivity index (χ3v) is 5.57. The number of benzene rings is 2. The van der Waals surface area contributed by atoms with Crippen LogP contribution in [0.25, 0.3) is 11.1 Å². The maximum absolute atomic E-state index is 12.8. The Bertz CT molecular complexity index is 1130. The van der Waals surface area contributed by atoms with E-state index in [4.69, 9.17) is 15.2 Å². The van der Waals surface area contributed by atoms with E-state index in [-0.39, 0.29) is 23.0 Å². The first-order valence-electron chi connectivity index (χ1n) is 11.3. The highest BCUT2D eigenvalue weighted by molar-refractivity contribution is 5.97. The van der Waals surface area contributed by atoms with Crippen molar-refractivity contribution < 1.29 is 19.1 Å². The number of primary amides is 1. The second-order valence-electron chi connectivity index (χ2n) is 9.46. The average molecular weight is 462 g/mol. The van der Waals surface area contributed by atoms with Crippen molar-refractivity contribution in [2.24, 2.45) is 11.1 Å². The van der Waals surface area contributed by atoms with Crippen LogP contribution in [0.5, 0.6) is 11.5 Å². The number of ether oxygens (including phenoxy) is 2. The molecule has 3 rings (SSSR count). The fraction of sp³-hybridized carbons (Fsp3) is 0.370. The summed E-state index contributed by atoms with van der Waals surface area (Å²) >= 11 is 0. The predicted molar refractivity (Wildman–Crippen MR) is 130 cm³/mol. The van der Waals surface area contributed by atoms with Gasteiger partial charge in [-0.25, -0.2) is 0 Å². The molecule has 34 heavy (non-hydrogen) atoms. The molecular formula is C27H31N3O4. The summed E-state index contributed by atoms with van der Waals surface area (Å²) in [5.74, 6) is 0.424. The van der Waals surface area contributed by atoms with Gasteiger partial charge in [0.2, 0.25) is 5.91 Å². The number of hydrogen-bond acceptors (Lipinski definition) is 5. The average Bonchev–Trinajstić information content (AvgIpc) is 2.81. The SMILES string of the molecule is COc1ccccc1-c1cc(OC2CCN(C(=O)/C(C#N)=C/C(C)(C)C)CC2)cc(C(N)=O)c1. The molecule has 1 aliphatic rings. The van der Waals surface area contributed by atoms with E-state index in [0.717, 1.165) is 11.1 Å². The molecule has 2 amide bonds. The lowest BCUT2D eigenvalue weighted by Gasteiger charge is -2.32. The molecule has 2 aromatic rings. The van der Waals surface area contributed by atoms with E-state index in [0.29, 0.717) is 43.0 Å². The van der Waals surface area contributed by atoms with Gasteiger partial charge in [0.05, 0.1) is 7.11 Å². The van der Waals surface area contributed by atoms with Gasteiger partial charge in [-0.3, -0.25) is 9.59 Å². The number of nitrogens with zero attached hydrogens (tertiary/aromatic N) is 2. The smallest absolute Gasteiger partial charge is 0.264 e. The van der Waals surface area contributed by atoms with Gasteiger partial charge in [-0.15, -0.1) is 0 Å². The zero-order valence-corrected chi connectivity index (χ0v) is 20.1. The number of amides is 2. The lowest BCUT2D eigenvalue weighted by atomic mass is 9.93. The molecule has 0 atom stereocenters. The van der Waals surface area contributed by atoms with E-state index in [1.807, 2.05) is 57.2 Å². The monoisotopic (exact) mass is 461 g/mol. The van der Waals surface area contributed by atoms with E-state index in [1.165, 1.54) is 0 Å². The molecule has 0 aliphatic carbocycles. The van der Waals surface area contributed by atoms with Crippen LogP contribution in [-0.4, -0.2) is 43.0 Å². The zero-order valence-electron chi connectivity index (χ0n) is 20.1. The Balaban J connectivity index is 1.75. The summed E-state index contributed by atoms with van der Waals surface area (Å²) < 4.78 is 11.7. The summed E-state index contributed by atoms with van der Waals surface area (Å²) in [5.41, 5.74) is 7.42. The van der Waals surface area contributed by atoms with E-state index in [9.17, 15) is 14.9 Å². The van der Waals surface area contributed by atoms with Gasteiger partial charge in [-0.1, -0.05) is 45.0 Å². The van der Waals surface area contributed by atoms with Crippen LogP contribution in [0.3, 0.4) is 0 Å². The second-order valence-corrected chi connectivity index (χ2v) is 9.46. The van der Waals surface area contributed by atoms with Crippen molar-refractivity contribution in [2.75, 3.05) is 20.2 Å². The first-order chi connectivity index (χ1) is 16.1. The van der Waals surface area contributed by atoms with Gasteiger partial charge in [0.1, 0.15) is 29.2 Å². The van der Waals surface area contributed by atoms with Crippen molar-refractivity contribution >= 4 is 11.8 Å². The number of methoxy groups -OCH3 is 1. The van der Waals surface area contributed by atoms with Gasteiger partial charge in [-0.2, -0.15) is 5.26 Å². The second kappa shape index (κ2) is 10.4.